The summed E-state index contributed by atoms with van der Waals surface area (Å²) in [5.74, 6) is 0.934. The molecule has 0 radical (unpaired) electrons. The third-order valence-electron chi connectivity index (χ3n) is 18.2. The molecule has 0 fully saturated rings. The maximum atomic E-state index is 12.7. The maximum Gasteiger partial charge on any atom is 0.523 e. The number of aromatic nitrogens is 10. The van der Waals surface area contributed by atoms with Crippen LogP contribution in [0.4, 0.5) is 33.8 Å². The molecule has 121 heavy (non-hydrogen) atoms. The van der Waals surface area contributed by atoms with Crippen molar-refractivity contribution in [3.63, 3.8) is 0 Å². The van der Waals surface area contributed by atoms with Crippen molar-refractivity contribution in [2.75, 3.05) is 92.6 Å². The van der Waals surface area contributed by atoms with E-state index in [1.165, 1.54) is 45.8 Å². The Balaban J connectivity index is 0.000000242. The number of nitriles is 2. The van der Waals surface area contributed by atoms with Gasteiger partial charge in [-0.05, 0) is 89.8 Å². The smallest absolute Gasteiger partial charge is 0.415 e. The lowest BCUT2D eigenvalue weighted by atomic mass is 9.94. The first-order chi connectivity index (χ1) is 57.3. The molecular formula is C78H98F5N21O12S5. The Kier molecular flexibility index (Phi) is 38.5. The van der Waals surface area contributed by atoms with Crippen LogP contribution in [0.25, 0.3) is 11.5 Å². The number of nitrogens with zero attached hydrogens (tertiary/aromatic N) is 18. The molecule has 0 bridgehead atoms. The summed E-state index contributed by atoms with van der Waals surface area (Å²) in [6.45, 7) is 23.4. The fraction of sp³-hybridized carbons (Fsp3) is 0.423. The van der Waals surface area contributed by atoms with Crippen molar-refractivity contribution in [2.45, 2.75) is 132 Å². The van der Waals surface area contributed by atoms with Crippen LogP contribution in [0.15, 0.2) is 166 Å². The van der Waals surface area contributed by atoms with Gasteiger partial charge in [-0.15, -0.1) is 15.3 Å². The van der Waals surface area contributed by atoms with Crippen molar-refractivity contribution < 1.29 is 72.6 Å². The van der Waals surface area contributed by atoms with E-state index in [4.69, 9.17) is 14.9 Å². The molecule has 4 aromatic carbocycles. The van der Waals surface area contributed by atoms with Crippen molar-refractivity contribution in [3.05, 3.63) is 225 Å². The van der Waals surface area contributed by atoms with Crippen LogP contribution in [0, 0.1) is 50.4 Å². The van der Waals surface area contributed by atoms with Crippen molar-refractivity contribution in [3.8, 4) is 23.6 Å². The molecule has 0 amide bonds. The summed E-state index contributed by atoms with van der Waals surface area (Å²) in [5, 5.41) is 42.3. The number of halogens is 5. The Morgan fingerprint density at radius 3 is 1.18 bits per heavy atom. The van der Waals surface area contributed by atoms with Gasteiger partial charge in [0.05, 0.1) is 88.9 Å². The van der Waals surface area contributed by atoms with Gasteiger partial charge < -0.3 is 15.1 Å². The molecule has 10 rings (SSSR count). The quantitative estimate of drug-likeness (QED) is 0.0186. The zero-order chi connectivity index (χ0) is 89.3. The molecule has 5 aromatic heterocycles. The Morgan fingerprint density at radius 1 is 0.488 bits per heavy atom. The topological polar surface area (TPSA) is 452 Å². The highest BCUT2D eigenvalue weighted by molar-refractivity contribution is 7.90. The van der Waals surface area contributed by atoms with Crippen LogP contribution in [0.3, 0.4) is 0 Å². The van der Waals surface area contributed by atoms with Crippen molar-refractivity contribution in [1.29, 1.82) is 10.5 Å². The Bertz CT molecular complexity index is 5500. The minimum atomic E-state index is -5.35. The molecule has 3 N–H and O–H groups in total. The second kappa shape index (κ2) is 47.0. The number of rotatable bonds is 36. The van der Waals surface area contributed by atoms with Gasteiger partial charge in [0.1, 0.15) is 30.3 Å². The Morgan fingerprint density at radius 2 is 0.860 bits per heavy atom. The van der Waals surface area contributed by atoms with Crippen LogP contribution >= 0.6 is 0 Å². The Hall–Kier alpha value is -10.6. The molecule has 43 heteroatoms. The van der Waals surface area contributed by atoms with Gasteiger partial charge in [0.15, 0.2) is 0 Å². The van der Waals surface area contributed by atoms with Gasteiger partial charge in [-0.3, -0.25) is 4.18 Å². The highest BCUT2D eigenvalue weighted by Gasteiger charge is 2.47. The molecule has 0 spiro atoms. The standard InChI is InChI=1S/C21H25F2N5O3S.C20H26N6O2S.C18H23N5O2S.C16H19N5O2S.C3H5F3O3S/c1-4-28(32(29,30)5-2)13-16(15-8-6-14(3)7-9-15)10-18-24-11-17(12-25-18)20-26-27-21(31-20)19(22)23;1-4-26(29(27,28)5-2)14-17(16-8-6-15(3)7-9-16)10-20-21-11-18(12-22-20)19-13-23-25-24-19;1-4-23(26(24,25)5-2)13-17(16-8-6-14(3)7-9-16)22-18-20-11-15(10-19)12-21-18;1-3-24(22,23)20-11-15(14-6-4-12(2)5-7-14)21-16-18-9-13(8-17)10-19-16;1-2-9-10(7,8)3(4,5)6/h6-9,11-12,16,19H,4-5,10,13H2,1-3H3;6-9,11-12,17H,4-5,10,13-14H2,1-3H3;6-9,11-12,17H,4-5,13H2,1-3H3,(H,20,21,22);4-7,9-10,15,20H,3,11H2,1-2H3,(H,18,19,21);2H2,1H3. The van der Waals surface area contributed by atoms with Crippen LogP contribution in [-0.4, -0.2) is 198 Å². The average Bonchev–Trinajstić information content (AvgIpc) is 1.62. The first-order valence-electron chi connectivity index (χ1n) is 38.1. The molecule has 33 nitrogen and oxygen atoms in total. The number of sulfonamides is 4. The van der Waals surface area contributed by atoms with E-state index < -0.39 is 74.6 Å². The van der Waals surface area contributed by atoms with Crippen molar-refractivity contribution in [1.82, 2.24) is 67.7 Å². The molecule has 1 aliphatic heterocycles. The SMILES string of the molecule is CCN(CC(Cc1ncc(-c2nnc(C(F)F)o2)cn1)c1ccc(C)cc1)S(=O)(=O)CC.CCN(CC(Cc1ncc(C2=NN=NC2)cn1)c1ccc(C)cc1)S(=O)(=O)CC.CCN(CC(Nc1ncc(C#N)cn1)c1ccc(C)cc1)S(=O)(=O)CC.CCOS(=O)(=O)C(F)(F)F.CCS(=O)(=O)NCC(Nc1ncc(C#N)cn1)c1ccc(C)cc1. The van der Waals surface area contributed by atoms with E-state index in [0.29, 0.717) is 92.3 Å². The van der Waals surface area contributed by atoms with Gasteiger partial charge in [-0.1, -0.05) is 140 Å². The third kappa shape index (κ3) is 31.4. The van der Waals surface area contributed by atoms with Gasteiger partial charge in [0.2, 0.25) is 52.0 Å². The normalized spacial score (nSPS) is 13.3. The first kappa shape index (κ1) is 99.2. The number of nitrogens with one attached hydrogen (secondary N) is 3. The van der Waals surface area contributed by atoms with Crippen LogP contribution < -0.4 is 15.4 Å². The summed E-state index contributed by atoms with van der Waals surface area (Å²) in [6.07, 6.45) is 10.1. The van der Waals surface area contributed by atoms with E-state index in [9.17, 15) is 64.0 Å². The lowest BCUT2D eigenvalue weighted by molar-refractivity contribution is -0.0539. The fourth-order valence-electron chi connectivity index (χ4n) is 11.1. The molecular weight excluding hydrogens is 1680 g/mol. The highest BCUT2D eigenvalue weighted by Crippen LogP contribution is 2.30. The minimum absolute atomic E-state index is 0.0149. The number of aryl methyl sites for hydroxylation is 4. The summed E-state index contributed by atoms with van der Waals surface area (Å²) in [4.78, 5) is 34.0. The van der Waals surface area contributed by atoms with E-state index in [1.54, 1.807) is 44.4 Å². The summed E-state index contributed by atoms with van der Waals surface area (Å²) in [6, 6.07) is 35.0. The van der Waals surface area contributed by atoms with Gasteiger partial charge in [0.25, 0.3) is 11.8 Å². The molecule has 4 atom stereocenters. The zero-order valence-corrected chi connectivity index (χ0v) is 72.8. The van der Waals surface area contributed by atoms with Crippen LogP contribution in [-0.2, 0) is 67.2 Å². The van der Waals surface area contributed by atoms with E-state index in [2.05, 4.69) is 97.2 Å². The summed E-state index contributed by atoms with van der Waals surface area (Å²) < 4.78 is 192. The predicted octanol–water partition coefficient (Wildman–Crippen LogP) is 11.8. The number of anilines is 2. The van der Waals surface area contributed by atoms with E-state index in [0.717, 1.165) is 62.7 Å². The number of hydrogen-bond acceptors (Lipinski definition) is 29. The van der Waals surface area contributed by atoms with Crippen molar-refractivity contribution in [2.24, 2.45) is 15.4 Å². The van der Waals surface area contributed by atoms with Crippen LogP contribution in [0.2, 0.25) is 0 Å². The molecule has 0 saturated heterocycles. The number of hydrogen-bond donors (Lipinski definition) is 3. The predicted molar refractivity (Wildman–Crippen MR) is 447 cm³/mol. The van der Waals surface area contributed by atoms with Gasteiger partial charge >= 0.3 is 22.1 Å². The van der Waals surface area contributed by atoms with Crippen LogP contribution in [0.5, 0.6) is 0 Å². The summed E-state index contributed by atoms with van der Waals surface area (Å²) in [5.41, 5.74) is 5.69. The van der Waals surface area contributed by atoms with E-state index in [1.807, 2.05) is 146 Å². The Labute approximate surface area is 703 Å². The molecule has 652 valence electrons. The molecule has 1 aliphatic rings. The second-order valence-electron chi connectivity index (χ2n) is 26.7. The first-order valence-corrected chi connectivity index (χ1v) is 46.0. The molecule has 0 aliphatic carbocycles. The van der Waals surface area contributed by atoms with E-state index >= 15 is 0 Å². The second-order valence-corrected chi connectivity index (χ2v) is 37.2. The molecule has 0 saturated carbocycles. The number of likely N-dealkylation sites (N-methyl/N-ethyl adjacent to an activating group) is 3. The lowest BCUT2D eigenvalue weighted by Crippen LogP contribution is -2.37. The molecule has 6 heterocycles. The number of alkyl halides is 5. The number of benzene rings is 4. The fourth-order valence-corrected chi connectivity index (χ4v) is 15.6. The van der Waals surface area contributed by atoms with Gasteiger partial charge in [0, 0.05) is 101 Å². The average molecular weight is 1780 g/mol. The van der Waals surface area contributed by atoms with Crippen LogP contribution in [0.1, 0.15) is 164 Å². The van der Waals surface area contributed by atoms with Crippen molar-refractivity contribution >= 4 is 67.8 Å². The molecule has 9 aromatic rings. The van der Waals surface area contributed by atoms with E-state index in [-0.39, 0.29) is 65.9 Å². The highest BCUT2D eigenvalue weighted by atomic mass is 32.2. The lowest BCUT2D eigenvalue weighted by Gasteiger charge is -2.27. The summed E-state index contributed by atoms with van der Waals surface area (Å²) in [7, 11) is -18.6. The third-order valence-corrected chi connectivity index (χ3v) is 26.4. The zero-order valence-electron chi connectivity index (χ0n) is 68.7. The monoisotopic (exact) mass is 1780 g/mol. The molecule has 4 unspecified atom stereocenters. The minimum Gasteiger partial charge on any atom is -0.415 e. The summed E-state index contributed by atoms with van der Waals surface area (Å²) >= 11 is 0. The largest absolute Gasteiger partial charge is 0.523 e. The maximum absolute atomic E-state index is 12.7. The van der Waals surface area contributed by atoms with Gasteiger partial charge in [-0.2, -0.15) is 50.3 Å². The van der Waals surface area contributed by atoms with Gasteiger partial charge in [-0.25, -0.2) is 86.9 Å².